The molecule has 3 atom stereocenters. The van der Waals surface area contributed by atoms with Crippen LogP contribution in [0.15, 0.2) is 12.7 Å². The van der Waals surface area contributed by atoms with Crippen molar-refractivity contribution in [3.63, 3.8) is 0 Å². The van der Waals surface area contributed by atoms with E-state index < -0.39 is 14.4 Å². The van der Waals surface area contributed by atoms with Crippen LogP contribution in [0.25, 0.3) is 11.2 Å². The van der Waals surface area contributed by atoms with E-state index in [1.165, 1.54) is 6.33 Å². The molecule has 3 heterocycles. The van der Waals surface area contributed by atoms with E-state index in [4.69, 9.17) is 14.9 Å². The summed E-state index contributed by atoms with van der Waals surface area (Å²) in [6.07, 6.45) is 2.19. The lowest BCUT2D eigenvalue weighted by Gasteiger charge is -2.37. The number of aliphatic hydroxyl groups excluding tert-OH is 1. The van der Waals surface area contributed by atoms with Crippen LogP contribution in [0.3, 0.4) is 0 Å². The minimum atomic E-state index is -1.89. The molecule has 0 spiro atoms. The van der Waals surface area contributed by atoms with Crippen molar-refractivity contribution in [3.8, 4) is 0 Å². The predicted octanol–water partition coefficient (Wildman–Crippen LogP) is 2.08. The molecule has 1 fully saturated rings. The van der Waals surface area contributed by atoms with Crippen molar-refractivity contribution in [1.82, 2.24) is 19.5 Å². The molecule has 0 saturated carbocycles. The van der Waals surface area contributed by atoms with E-state index in [-0.39, 0.29) is 17.4 Å². The quantitative estimate of drug-likeness (QED) is 0.798. The Labute approximate surface area is 148 Å². The van der Waals surface area contributed by atoms with Crippen molar-refractivity contribution in [1.29, 1.82) is 0 Å². The second-order valence-corrected chi connectivity index (χ2v) is 12.9. The molecule has 0 unspecified atom stereocenters. The number of imidazole rings is 1. The summed E-state index contributed by atoms with van der Waals surface area (Å²) in [6, 6.07) is 0. The third-order valence-electron chi connectivity index (χ3n) is 5.32. The summed E-state index contributed by atoms with van der Waals surface area (Å²) in [5, 5.41) is 10.5. The van der Waals surface area contributed by atoms with Gasteiger partial charge < -0.3 is 20.0 Å². The van der Waals surface area contributed by atoms with Gasteiger partial charge in [-0.05, 0) is 18.1 Å². The van der Waals surface area contributed by atoms with E-state index in [1.807, 2.05) is 0 Å². The Morgan fingerprint density at radius 3 is 2.76 bits per heavy atom. The second-order valence-electron chi connectivity index (χ2n) is 8.09. The van der Waals surface area contributed by atoms with Crippen LogP contribution in [0.2, 0.25) is 18.1 Å². The van der Waals surface area contributed by atoms with E-state index in [0.717, 1.165) is 0 Å². The Morgan fingerprint density at radius 1 is 1.36 bits per heavy atom. The lowest BCUT2D eigenvalue weighted by atomic mass is 10.2. The van der Waals surface area contributed by atoms with Crippen LogP contribution < -0.4 is 5.73 Å². The average molecular weight is 366 g/mol. The van der Waals surface area contributed by atoms with Crippen molar-refractivity contribution < 1.29 is 14.3 Å². The molecule has 9 heteroatoms. The maximum absolute atomic E-state index is 10.4. The number of nitrogen functional groups attached to an aromatic ring is 1. The van der Waals surface area contributed by atoms with Crippen molar-refractivity contribution in [3.05, 3.63) is 12.7 Å². The van der Waals surface area contributed by atoms with Gasteiger partial charge in [0.2, 0.25) is 0 Å². The average Bonchev–Trinajstić information content (AvgIpc) is 3.08. The van der Waals surface area contributed by atoms with Crippen molar-refractivity contribution in [2.75, 3.05) is 12.3 Å². The molecule has 0 radical (unpaired) electrons. The first-order valence-electron chi connectivity index (χ1n) is 8.50. The number of rotatable bonds is 4. The molecule has 0 aromatic carbocycles. The zero-order valence-electron chi connectivity index (χ0n) is 15.4. The van der Waals surface area contributed by atoms with Gasteiger partial charge in [0.15, 0.2) is 19.8 Å². The van der Waals surface area contributed by atoms with Crippen LogP contribution in [0.1, 0.15) is 33.4 Å². The van der Waals surface area contributed by atoms with Crippen molar-refractivity contribution >= 4 is 25.3 Å². The van der Waals surface area contributed by atoms with Crippen LogP contribution in [0, 0.1) is 0 Å². The van der Waals surface area contributed by atoms with Gasteiger partial charge in [0.25, 0.3) is 0 Å². The number of nitrogens with zero attached hydrogens (tertiary/aromatic N) is 4. The maximum Gasteiger partial charge on any atom is 0.192 e. The summed E-state index contributed by atoms with van der Waals surface area (Å²) in [4.78, 5) is 12.4. The summed E-state index contributed by atoms with van der Waals surface area (Å²) in [7, 11) is -1.89. The fourth-order valence-electron chi connectivity index (χ4n) is 2.62. The van der Waals surface area contributed by atoms with Crippen LogP contribution in [-0.2, 0) is 9.16 Å². The minimum Gasteiger partial charge on any atom is -0.414 e. The van der Waals surface area contributed by atoms with E-state index >= 15 is 0 Å². The molecule has 0 amide bonds. The lowest BCUT2D eigenvalue weighted by molar-refractivity contribution is -0.0405. The predicted molar refractivity (Wildman–Crippen MR) is 97.4 cm³/mol. The molecule has 1 aliphatic rings. The molecular formula is C16H27N5O3Si. The zero-order valence-corrected chi connectivity index (χ0v) is 16.4. The SMILES string of the molecule is CC(C)(C)[Si](C)(C)OC[C@H]1O[C@@H](n2cnc3c(N)ncnc32)C[C@@H]1O. The Morgan fingerprint density at radius 2 is 2.08 bits per heavy atom. The monoisotopic (exact) mass is 365 g/mol. The highest BCUT2D eigenvalue weighted by atomic mass is 28.4. The highest BCUT2D eigenvalue weighted by Gasteiger charge is 2.41. The van der Waals surface area contributed by atoms with Crippen LogP contribution in [0.4, 0.5) is 5.82 Å². The molecule has 2 aromatic rings. The Balaban J connectivity index is 1.72. The molecular weight excluding hydrogens is 338 g/mol. The standard InChI is InChI=1S/C16H27N5O3Si/c1-16(2,3)25(4,5)23-7-11-10(22)6-12(24-11)21-9-20-13-14(17)18-8-19-15(13)21/h8-12,22H,6-7H2,1-5H3,(H2,17,18,19)/t10-,11+,12+/m0/s1. The number of hydrogen-bond acceptors (Lipinski definition) is 7. The van der Waals surface area contributed by atoms with E-state index in [1.54, 1.807) is 10.9 Å². The first-order valence-corrected chi connectivity index (χ1v) is 11.4. The van der Waals surface area contributed by atoms with Gasteiger partial charge in [-0.15, -0.1) is 0 Å². The third kappa shape index (κ3) is 3.41. The summed E-state index contributed by atoms with van der Waals surface area (Å²) >= 11 is 0. The number of fused-ring (bicyclic) bond motifs is 1. The van der Waals surface area contributed by atoms with Crippen LogP contribution in [-0.4, -0.2) is 51.8 Å². The number of ether oxygens (including phenoxy) is 1. The normalized spacial score (nSPS) is 25.0. The first kappa shape index (κ1) is 18.2. The fourth-order valence-corrected chi connectivity index (χ4v) is 3.64. The number of hydrogen-bond donors (Lipinski definition) is 2. The molecule has 1 aliphatic heterocycles. The Kier molecular flexibility index (Phi) is 4.61. The van der Waals surface area contributed by atoms with Gasteiger partial charge in [0.1, 0.15) is 24.2 Å². The summed E-state index contributed by atoms with van der Waals surface area (Å²) in [6.45, 7) is 11.3. The molecule has 3 rings (SSSR count). The van der Waals surface area contributed by atoms with Crippen LogP contribution >= 0.6 is 0 Å². The minimum absolute atomic E-state index is 0.116. The van der Waals surface area contributed by atoms with Gasteiger partial charge in [-0.1, -0.05) is 20.8 Å². The smallest absolute Gasteiger partial charge is 0.192 e. The molecule has 8 nitrogen and oxygen atoms in total. The highest BCUT2D eigenvalue weighted by molar-refractivity contribution is 6.74. The van der Waals surface area contributed by atoms with Crippen molar-refractivity contribution in [2.45, 2.75) is 63.8 Å². The van der Waals surface area contributed by atoms with Crippen LogP contribution in [0.5, 0.6) is 0 Å². The summed E-state index contributed by atoms with van der Waals surface area (Å²) in [5.41, 5.74) is 6.98. The van der Waals surface area contributed by atoms with Gasteiger partial charge in [0, 0.05) is 6.42 Å². The number of aliphatic hydroxyl groups is 1. The first-order chi connectivity index (χ1) is 11.6. The van der Waals surface area contributed by atoms with E-state index in [9.17, 15) is 5.11 Å². The molecule has 138 valence electrons. The molecule has 0 bridgehead atoms. The molecule has 0 aliphatic carbocycles. The summed E-state index contributed by atoms with van der Waals surface area (Å²) < 4.78 is 14.0. The van der Waals surface area contributed by atoms with Gasteiger partial charge >= 0.3 is 0 Å². The zero-order chi connectivity index (χ0) is 18.4. The van der Waals surface area contributed by atoms with E-state index in [0.29, 0.717) is 30.0 Å². The second kappa shape index (κ2) is 6.31. The molecule has 2 aromatic heterocycles. The largest absolute Gasteiger partial charge is 0.414 e. The number of nitrogens with two attached hydrogens (primary N) is 1. The Bertz CT molecular complexity index is 758. The lowest BCUT2D eigenvalue weighted by Crippen LogP contribution is -2.43. The number of aromatic nitrogens is 4. The van der Waals surface area contributed by atoms with Gasteiger partial charge in [-0.25, -0.2) is 15.0 Å². The van der Waals surface area contributed by atoms with Crippen molar-refractivity contribution in [2.24, 2.45) is 0 Å². The number of anilines is 1. The Hall–Kier alpha value is -1.55. The van der Waals surface area contributed by atoms with Gasteiger partial charge in [-0.2, -0.15) is 0 Å². The summed E-state index contributed by atoms with van der Waals surface area (Å²) in [5.74, 6) is 0.333. The maximum atomic E-state index is 10.4. The molecule has 25 heavy (non-hydrogen) atoms. The fraction of sp³-hybridized carbons (Fsp3) is 0.688. The third-order valence-corrected chi connectivity index (χ3v) is 9.82. The van der Waals surface area contributed by atoms with Gasteiger partial charge in [-0.3, -0.25) is 4.57 Å². The van der Waals surface area contributed by atoms with Gasteiger partial charge in [0.05, 0.1) is 19.0 Å². The topological polar surface area (TPSA) is 108 Å². The molecule has 3 N–H and O–H groups in total. The highest BCUT2D eigenvalue weighted by Crippen LogP contribution is 2.38. The van der Waals surface area contributed by atoms with E-state index in [2.05, 4.69) is 48.8 Å². The molecule has 1 saturated heterocycles.